The highest BCUT2D eigenvalue weighted by molar-refractivity contribution is 5.52. The number of hydrogen-bond donors (Lipinski definition) is 0. The van der Waals surface area contributed by atoms with Crippen molar-refractivity contribution in [1.29, 1.82) is 0 Å². The second-order valence-electron chi connectivity index (χ2n) is 4.87. The van der Waals surface area contributed by atoms with Gasteiger partial charge in [-0.1, -0.05) is 30.3 Å². The molecule has 1 heterocycles. The first-order chi connectivity index (χ1) is 8.74. The van der Waals surface area contributed by atoms with Crippen LogP contribution in [0.4, 0.5) is 5.69 Å². The Bertz CT molecular complexity index is 577. The topological polar surface area (TPSA) is 12.5 Å². The van der Waals surface area contributed by atoms with Gasteiger partial charge in [-0.15, -0.1) is 0 Å². The standard InChI is InChI=1S/C16H17NO/c1-12-5-3-8-15(9-12)17-10-14-7-4-6-13(2)16(14)18-11-17/h3-9H,10-11H2,1-2H3. The lowest BCUT2D eigenvalue weighted by atomic mass is 10.1. The zero-order valence-corrected chi connectivity index (χ0v) is 10.8. The molecular formula is C16H17NO. The average Bonchev–Trinajstić information content (AvgIpc) is 2.39. The molecule has 0 unspecified atom stereocenters. The van der Waals surface area contributed by atoms with Crippen LogP contribution in [0, 0.1) is 13.8 Å². The molecule has 0 amide bonds. The molecule has 1 aliphatic rings. The highest BCUT2D eigenvalue weighted by Crippen LogP contribution is 2.31. The van der Waals surface area contributed by atoms with Crippen LogP contribution in [0.15, 0.2) is 42.5 Å². The van der Waals surface area contributed by atoms with Crippen molar-refractivity contribution in [2.45, 2.75) is 20.4 Å². The maximum absolute atomic E-state index is 5.89. The predicted octanol–water partition coefficient (Wildman–Crippen LogP) is 3.66. The third-order valence-corrected chi connectivity index (χ3v) is 3.39. The molecule has 92 valence electrons. The maximum Gasteiger partial charge on any atom is 0.161 e. The molecule has 0 saturated heterocycles. The highest BCUT2D eigenvalue weighted by atomic mass is 16.5. The van der Waals surface area contributed by atoms with Gasteiger partial charge in [0.1, 0.15) is 5.75 Å². The average molecular weight is 239 g/mol. The van der Waals surface area contributed by atoms with Gasteiger partial charge in [0.25, 0.3) is 0 Å². The Morgan fingerprint density at radius 1 is 1.06 bits per heavy atom. The van der Waals surface area contributed by atoms with Gasteiger partial charge in [0.05, 0.1) is 0 Å². The Balaban J connectivity index is 1.91. The van der Waals surface area contributed by atoms with E-state index in [-0.39, 0.29) is 0 Å². The summed E-state index contributed by atoms with van der Waals surface area (Å²) in [5.74, 6) is 1.06. The van der Waals surface area contributed by atoms with Crippen LogP contribution in [0.5, 0.6) is 5.75 Å². The van der Waals surface area contributed by atoms with Gasteiger partial charge in [-0.25, -0.2) is 0 Å². The van der Waals surface area contributed by atoms with E-state index in [0.29, 0.717) is 6.73 Å². The van der Waals surface area contributed by atoms with E-state index in [9.17, 15) is 0 Å². The first kappa shape index (κ1) is 11.1. The molecule has 2 heteroatoms. The van der Waals surface area contributed by atoms with Crippen LogP contribution in [0.2, 0.25) is 0 Å². The molecule has 0 fully saturated rings. The number of aryl methyl sites for hydroxylation is 2. The molecule has 0 N–H and O–H groups in total. The zero-order valence-electron chi connectivity index (χ0n) is 10.8. The third kappa shape index (κ3) is 1.94. The van der Waals surface area contributed by atoms with Gasteiger partial charge < -0.3 is 9.64 Å². The van der Waals surface area contributed by atoms with Crippen LogP contribution in [0.25, 0.3) is 0 Å². The quantitative estimate of drug-likeness (QED) is 0.753. The Morgan fingerprint density at radius 3 is 2.72 bits per heavy atom. The van der Waals surface area contributed by atoms with Gasteiger partial charge in [0.15, 0.2) is 6.73 Å². The summed E-state index contributed by atoms with van der Waals surface area (Å²) in [4.78, 5) is 2.26. The number of fused-ring (bicyclic) bond motifs is 1. The molecule has 0 radical (unpaired) electrons. The molecule has 0 atom stereocenters. The Hall–Kier alpha value is -1.96. The van der Waals surface area contributed by atoms with E-state index < -0.39 is 0 Å². The molecule has 2 nitrogen and oxygen atoms in total. The highest BCUT2D eigenvalue weighted by Gasteiger charge is 2.18. The SMILES string of the molecule is Cc1cccc(N2COc3c(C)cccc3C2)c1. The van der Waals surface area contributed by atoms with Crippen LogP contribution >= 0.6 is 0 Å². The summed E-state index contributed by atoms with van der Waals surface area (Å²) in [5, 5.41) is 0. The molecule has 2 aromatic rings. The second kappa shape index (κ2) is 4.37. The molecule has 0 aromatic heterocycles. The lowest BCUT2D eigenvalue weighted by molar-refractivity contribution is 0.287. The molecule has 1 aliphatic heterocycles. The van der Waals surface area contributed by atoms with E-state index in [1.807, 2.05) is 0 Å². The Labute approximate surface area is 108 Å². The summed E-state index contributed by atoms with van der Waals surface area (Å²) in [6, 6.07) is 14.9. The summed E-state index contributed by atoms with van der Waals surface area (Å²) in [6.07, 6.45) is 0. The molecule has 0 bridgehead atoms. The van der Waals surface area contributed by atoms with Crippen molar-refractivity contribution in [2.24, 2.45) is 0 Å². The normalized spacial score (nSPS) is 14.0. The van der Waals surface area contributed by atoms with E-state index in [1.165, 1.54) is 22.4 Å². The maximum atomic E-state index is 5.89. The Morgan fingerprint density at radius 2 is 1.89 bits per heavy atom. The molecular weight excluding hydrogens is 222 g/mol. The van der Waals surface area contributed by atoms with Crippen LogP contribution in [0.1, 0.15) is 16.7 Å². The largest absolute Gasteiger partial charge is 0.472 e. The van der Waals surface area contributed by atoms with Gasteiger partial charge in [0, 0.05) is 17.8 Å². The summed E-state index contributed by atoms with van der Waals surface area (Å²) >= 11 is 0. The van der Waals surface area contributed by atoms with Crippen molar-refractivity contribution >= 4 is 5.69 Å². The fourth-order valence-electron chi connectivity index (χ4n) is 2.43. The predicted molar refractivity (Wildman–Crippen MR) is 74.0 cm³/mol. The smallest absolute Gasteiger partial charge is 0.161 e. The number of rotatable bonds is 1. The summed E-state index contributed by atoms with van der Waals surface area (Å²) in [5.41, 5.74) is 4.99. The molecule has 0 spiro atoms. The van der Waals surface area contributed by atoms with E-state index >= 15 is 0 Å². The minimum Gasteiger partial charge on any atom is -0.472 e. The van der Waals surface area contributed by atoms with Gasteiger partial charge in [-0.05, 0) is 37.1 Å². The van der Waals surface area contributed by atoms with Gasteiger partial charge >= 0.3 is 0 Å². The lowest BCUT2D eigenvalue weighted by Gasteiger charge is -2.31. The molecule has 0 saturated carbocycles. The first-order valence-electron chi connectivity index (χ1n) is 6.27. The molecule has 2 aromatic carbocycles. The van der Waals surface area contributed by atoms with E-state index in [4.69, 9.17) is 4.74 Å². The monoisotopic (exact) mass is 239 g/mol. The van der Waals surface area contributed by atoms with Crippen LogP contribution in [-0.4, -0.2) is 6.73 Å². The number of para-hydroxylation sites is 1. The van der Waals surface area contributed by atoms with Crippen molar-refractivity contribution < 1.29 is 4.74 Å². The van der Waals surface area contributed by atoms with Crippen molar-refractivity contribution in [3.05, 3.63) is 59.2 Å². The van der Waals surface area contributed by atoms with Gasteiger partial charge in [-0.3, -0.25) is 0 Å². The molecule has 3 rings (SSSR count). The van der Waals surface area contributed by atoms with E-state index in [0.717, 1.165) is 12.3 Å². The minimum atomic E-state index is 0.626. The number of benzene rings is 2. The summed E-state index contributed by atoms with van der Waals surface area (Å²) in [6.45, 7) is 5.76. The molecule has 18 heavy (non-hydrogen) atoms. The number of anilines is 1. The third-order valence-electron chi connectivity index (χ3n) is 3.39. The number of hydrogen-bond acceptors (Lipinski definition) is 2. The zero-order chi connectivity index (χ0) is 12.5. The van der Waals surface area contributed by atoms with Gasteiger partial charge in [0.2, 0.25) is 0 Å². The van der Waals surface area contributed by atoms with Crippen LogP contribution < -0.4 is 9.64 Å². The van der Waals surface area contributed by atoms with E-state index in [1.54, 1.807) is 0 Å². The molecule has 0 aliphatic carbocycles. The fraction of sp³-hybridized carbons (Fsp3) is 0.250. The number of ether oxygens (including phenoxy) is 1. The first-order valence-corrected chi connectivity index (χ1v) is 6.27. The lowest BCUT2D eigenvalue weighted by Crippen LogP contribution is -2.32. The summed E-state index contributed by atoms with van der Waals surface area (Å²) < 4.78 is 5.89. The Kier molecular flexibility index (Phi) is 2.71. The number of nitrogens with zero attached hydrogens (tertiary/aromatic N) is 1. The second-order valence-corrected chi connectivity index (χ2v) is 4.87. The van der Waals surface area contributed by atoms with Gasteiger partial charge in [-0.2, -0.15) is 0 Å². The van der Waals surface area contributed by atoms with Crippen molar-refractivity contribution in [2.75, 3.05) is 11.6 Å². The van der Waals surface area contributed by atoms with E-state index in [2.05, 4.69) is 61.2 Å². The minimum absolute atomic E-state index is 0.626. The van der Waals surface area contributed by atoms with Crippen molar-refractivity contribution in [3.63, 3.8) is 0 Å². The fourth-order valence-corrected chi connectivity index (χ4v) is 2.43. The van der Waals surface area contributed by atoms with Crippen LogP contribution in [-0.2, 0) is 6.54 Å². The summed E-state index contributed by atoms with van der Waals surface area (Å²) in [7, 11) is 0. The van der Waals surface area contributed by atoms with Crippen LogP contribution in [0.3, 0.4) is 0 Å². The van der Waals surface area contributed by atoms with Crippen molar-refractivity contribution in [3.8, 4) is 5.75 Å². The van der Waals surface area contributed by atoms with Crippen molar-refractivity contribution in [1.82, 2.24) is 0 Å².